The van der Waals surface area contributed by atoms with E-state index in [2.05, 4.69) is 58.5 Å². The smallest absolute Gasteiger partial charge is 0.329 e. The molecule has 0 aromatic heterocycles. The molecule has 1 aliphatic carbocycles. The fourth-order valence-corrected chi connectivity index (χ4v) is 10.7. The number of esters is 1. The number of aryl methyl sites for hydroxylation is 1. The number of nitrogens with two attached hydrogens (primary N) is 1. The maximum absolute atomic E-state index is 14.4. The number of primary amides is 1. The van der Waals surface area contributed by atoms with E-state index in [4.69, 9.17) is 10.5 Å². The first-order valence-electron chi connectivity index (χ1n) is 32.3. The Balaban J connectivity index is 1.49. The molecule has 1 aliphatic heterocycles. The summed E-state index contributed by atoms with van der Waals surface area (Å²) in [6.07, 6.45) is -4.16. The van der Waals surface area contributed by atoms with Crippen LogP contribution in [-0.2, 0) is 68.7 Å². The van der Waals surface area contributed by atoms with Gasteiger partial charge in [0, 0.05) is 12.8 Å². The number of hydrogen-bond acceptors (Lipinski definition) is 16. The number of rotatable bonds is 34. The second-order valence-corrected chi connectivity index (χ2v) is 24.8. The van der Waals surface area contributed by atoms with Gasteiger partial charge in [-0.05, 0) is 92.9 Å². The number of nitrogens with one attached hydrogen (secondary N) is 11. The van der Waals surface area contributed by atoms with Gasteiger partial charge < -0.3 is 79.2 Å². The number of benzene rings is 2. The first kappa shape index (κ1) is 78.3. The van der Waals surface area contributed by atoms with Crippen LogP contribution in [0.4, 0.5) is 8.78 Å². The van der Waals surface area contributed by atoms with E-state index in [1.165, 1.54) is 13.8 Å². The Morgan fingerprint density at radius 1 is 0.617 bits per heavy atom. The number of hydrogen-bond donors (Lipinski definition) is 14. The largest absolute Gasteiger partial charge is 0.458 e. The number of ether oxygens (including phenoxy) is 1. The van der Waals surface area contributed by atoms with Crippen molar-refractivity contribution in [3.05, 3.63) is 60.2 Å². The zero-order valence-corrected chi connectivity index (χ0v) is 55.5. The molecule has 2 aliphatic rings. The number of carbonyl (C=O) groups excluding carboxylic acids is 12. The highest BCUT2D eigenvalue weighted by Gasteiger charge is 2.62. The number of amides is 11. The highest BCUT2D eigenvalue weighted by molar-refractivity contribution is 6.01. The first-order chi connectivity index (χ1) is 44.4. The van der Waals surface area contributed by atoms with E-state index in [1.807, 2.05) is 54.6 Å². The number of alkyl halides is 2. The van der Waals surface area contributed by atoms with E-state index >= 15 is 0 Å². The van der Waals surface area contributed by atoms with Gasteiger partial charge in [-0.25, -0.2) is 13.6 Å². The predicted molar refractivity (Wildman–Crippen MR) is 342 cm³/mol. The van der Waals surface area contributed by atoms with E-state index < -0.39 is 212 Å². The SMILES string of the molecule is CC[C@H](C)[C@H](NC(=O)[C@@H](CCc1ccc(-c2ccccc2)cc1)NC)C(=O)N[C@@H](CO)C(=O)N[C@H](CCC(N)=O)C(=O)N[C@@H](C(=O)N[C@H](C(=O)N[C@@H](CO)C(=O)N[C@H]1C(=O)N[C@@H](C)C(=O)NC2(CC2CC(F)F)C(=O)N[C@@H]([C@@H](C)CC)C(=O)O[C@H]1C)[C@@H](C)CC)[C@@H](C)CC. The van der Waals surface area contributed by atoms with E-state index in [1.54, 1.807) is 62.4 Å². The quantitative estimate of drug-likeness (QED) is 0.0415. The average Bonchev–Trinajstić information content (AvgIpc) is 1.58. The molecule has 15 N–H and O–H groups in total. The lowest BCUT2D eigenvalue weighted by Crippen LogP contribution is -2.63. The zero-order chi connectivity index (χ0) is 70.3. The third-order valence-corrected chi connectivity index (χ3v) is 17.9. The fourth-order valence-electron chi connectivity index (χ4n) is 10.7. The van der Waals surface area contributed by atoms with Gasteiger partial charge in [-0.15, -0.1) is 0 Å². The van der Waals surface area contributed by atoms with E-state index in [0.717, 1.165) is 16.7 Å². The van der Waals surface area contributed by atoms with Crippen LogP contribution in [0.2, 0.25) is 0 Å². The average molecular weight is 1330 g/mol. The van der Waals surface area contributed by atoms with Crippen molar-refractivity contribution in [2.45, 2.75) is 212 Å². The fraction of sp³-hybridized carbons (Fsp3) is 0.631. The summed E-state index contributed by atoms with van der Waals surface area (Å²) in [7, 11) is 1.61. The van der Waals surface area contributed by atoms with Gasteiger partial charge in [0.1, 0.15) is 66.0 Å². The molecule has 94 heavy (non-hydrogen) atoms. The number of halogens is 2. The molecule has 1 saturated heterocycles. The lowest BCUT2D eigenvalue weighted by molar-refractivity contribution is -0.157. The molecule has 17 atom stereocenters. The molecule has 0 bridgehead atoms. The number of likely N-dealkylation sites (N-methyl/N-ethyl adjacent to an activating group) is 1. The van der Waals surface area contributed by atoms with Gasteiger partial charge in [0.25, 0.3) is 0 Å². The van der Waals surface area contributed by atoms with Gasteiger partial charge in [0.05, 0.1) is 19.3 Å². The molecule has 11 amide bonds. The van der Waals surface area contributed by atoms with Crippen LogP contribution >= 0.6 is 0 Å². The normalized spacial score (nSPS) is 22.6. The van der Waals surface area contributed by atoms with Crippen molar-refractivity contribution < 1.29 is 81.3 Å². The summed E-state index contributed by atoms with van der Waals surface area (Å²) in [5.74, 6) is -15.0. The Bertz CT molecular complexity index is 2950. The minimum atomic E-state index is -2.83. The minimum Gasteiger partial charge on any atom is -0.458 e. The molecular weight excluding hydrogens is 1230 g/mol. The van der Waals surface area contributed by atoms with Gasteiger partial charge in [0.2, 0.25) is 71.4 Å². The third kappa shape index (κ3) is 22.0. The van der Waals surface area contributed by atoms with Crippen LogP contribution in [0.3, 0.4) is 0 Å². The van der Waals surface area contributed by atoms with Crippen molar-refractivity contribution in [3.63, 3.8) is 0 Å². The van der Waals surface area contributed by atoms with Gasteiger partial charge in [-0.3, -0.25) is 52.7 Å². The van der Waals surface area contributed by atoms with Gasteiger partial charge in [-0.2, -0.15) is 0 Å². The first-order valence-corrected chi connectivity index (χ1v) is 32.3. The van der Waals surface area contributed by atoms with Gasteiger partial charge in [-0.1, -0.05) is 136 Å². The molecule has 1 heterocycles. The Morgan fingerprint density at radius 2 is 1.10 bits per heavy atom. The molecule has 1 saturated carbocycles. The molecule has 1 spiro atoms. The summed E-state index contributed by atoms with van der Waals surface area (Å²) in [6.45, 7) is 13.7. The lowest BCUT2D eigenvalue weighted by atomic mass is 9.94. The summed E-state index contributed by atoms with van der Waals surface area (Å²) >= 11 is 0. The van der Waals surface area contributed by atoms with E-state index in [0.29, 0.717) is 25.7 Å². The number of aliphatic hydroxyl groups is 2. The zero-order valence-electron chi connectivity index (χ0n) is 55.5. The van der Waals surface area contributed by atoms with Crippen molar-refractivity contribution in [2.24, 2.45) is 35.3 Å². The Labute approximate surface area is 547 Å². The van der Waals surface area contributed by atoms with Crippen molar-refractivity contribution in [3.8, 4) is 11.1 Å². The van der Waals surface area contributed by atoms with Crippen molar-refractivity contribution in [2.75, 3.05) is 20.3 Å². The van der Waals surface area contributed by atoms with Crippen LogP contribution < -0.4 is 64.2 Å². The molecule has 29 heteroatoms. The molecule has 0 radical (unpaired) electrons. The summed E-state index contributed by atoms with van der Waals surface area (Å²) in [5.41, 5.74) is 6.70. The monoisotopic (exact) mass is 1320 g/mol. The predicted octanol–water partition coefficient (Wildman–Crippen LogP) is 0.167. The summed E-state index contributed by atoms with van der Waals surface area (Å²) in [5, 5.41) is 49.1. The highest BCUT2D eigenvalue weighted by atomic mass is 19.3. The number of aliphatic hydroxyl groups excluding tert-OH is 2. The third-order valence-electron chi connectivity index (χ3n) is 17.9. The Kier molecular flexibility index (Phi) is 30.8. The maximum Gasteiger partial charge on any atom is 0.329 e. The van der Waals surface area contributed by atoms with Gasteiger partial charge >= 0.3 is 5.97 Å². The van der Waals surface area contributed by atoms with Crippen molar-refractivity contribution >= 4 is 70.9 Å². The maximum atomic E-state index is 14.4. The highest BCUT2D eigenvalue weighted by Crippen LogP contribution is 2.48. The molecular formula is C65H98F2N12O15. The molecule has 2 fully saturated rings. The number of cyclic esters (lactones) is 1. The number of carbonyl (C=O) groups is 12. The van der Waals surface area contributed by atoms with E-state index in [9.17, 15) is 76.5 Å². The summed E-state index contributed by atoms with van der Waals surface area (Å²) in [6, 6.07) is 3.01. The summed E-state index contributed by atoms with van der Waals surface area (Å²) in [4.78, 5) is 166. The Hall–Kier alpha value is -8.18. The van der Waals surface area contributed by atoms with Crippen molar-refractivity contribution in [1.82, 2.24) is 58.5 Å². The van der Waals surface area contributed by atoms with Crippen LogP contribution in [0, 0.1) is 29.6 Å². The van der Waals surface area contributed by atoms with Crippen LogP contribution in [0.25, 0.3) is 11.1 Å². The Morgan fingerprint density at radius 3 is 1.59 bits per heavy atom. The van der Waals surface area contributed by atoms with Gasteiger partial charge in [0.15, 0.2) is 0 Å². The van der Waals surface area contributed by atoms with Crippen LogP contribution in [0.5, 0.6) is 0 Å². The van der Waals surface area contributed by atoms with E-state index in [-0.39, 0.29) is 19.3 Å². The topological polar surface area (TPSA) is 413 Å². The molecule has 2 aromatic carbocycles. The summed E-state index contributed by atoms with van der Waals surface area (Å²) < 4.78 is 32.8. The molecule has 4 rings (SSSR count). The minimum absolute atomic E-state index is 0.185. The molecule has 27 nitrogen and oxygen atoms in total. The van der Waals surface area contributed by atoms with Crippen LogP contribution in [0.1, 0.15) is 133 Å². The second-order valence-electron chi connectivity index (χ2n) is 24.8. The van der Waals surface area contributed by atoms with Crippen molar-refractivity contribution in [1.29, 1.82) is 0 Å². The van der Waals surface area contributed by atoms with Crippen LogP contribution in [-0.4, -0.2) is 180 Å². The molecule has 2 aromatic rings. The van der Waals surface area contributed by atoms with Crippen LogP contribution in [0.15, 0.2) is 54.6 Å². The second kappa shape index (κ2) is 37.1. The molecule has 522 valence electrons. The lowest BCUT2D eigenvalue weighted by Gasteiger charge is -2.31. The molecule has 2 unspecified atom stereocenters. The standard InChI is InChI=1S/C65H98F2N12O15/c1-12-33(5)49(74-55(84)43(69-11)26-23-39-21-24-41(25-22-39)40-19-17-16-18-20-40)59(88)72-45(31-80)57(86)71-44(27-28-48(68)82)56(85)75-51(35(7)14-3)61(90)76-50(34(6)13-2)60(89)73-46(32-81)58(87)77-53-38(10)94-63(92)52(36(8)15-4)78-64(93)65(30-42(65)29-47(66)67)79-54(83)37(9)70-62(53)91/h16-22,24-25,33-38,42-47,49-53,69,80-81H,12-15,23,26-32H2,1-11H3,(H2,68,82)(H,70,91)(H,71,86)(H,72,88)(H,73,89)(H,74,84)(H,75,85)(H,76,90)(H,77,87)(H,78,93)(H,79,83)/t33-,34-,35-,36-,37-,38-,42?,43+,44+,45-,46-,49-,50-,51+,52-,53+,65?/m0/s1.